The minimum absolute atomic E-state index is 0.0476. The Morgan fingerprint density at radius 1 is 1.00 bits per heavy atom. The smallest absolute Gasteiger partial charge is 0.410 e. The van der Waals surface area contributed by atoms with Gasteiger partial charge in [0, 0.05) is 17.7 Å². The number of fused-ring (bicyclic) bond motifs is 5. The molecule has 3 heterocycles. The molecule has 6 rings (SSSR count). The molecule has 3 aliphatic rings. The first-order valence-electron chi connectivity index (χ1n) is 12.1. The predicted molar refractivity (Wildman–Crippen MR) is 133 cm³/mol. The highest BCUT2D eigenvalue weighted by atomic mass is 16.6. The lowest BCUT2D eigenvalue weighted by Crippen LogP contribution is -2.56. The van der Waals surface area contributed by atoms with Crippen molar-refractivity contribution in [1.29, 1.82) is 0 Å². The van der Waals surface area contributed by atoms with Gasteiger partial charge in [-0.05, 0) is 52.8 Å². The van der Waals surface area contributed by atoms with Gasteiger partial charge in [0.1, 0.15) is 6.61 Å². The fourth-order valence-electron chi connectivity index (χ4n) is 5.74. The lowest BCUT2D eigenvalue weighted by atomic mass is 9.89. The van der Waals surface area contributed by atoms with E-state index in [-0.39, 0.29) is 24.1 Å². The molecule has 2 bridgehead atoms. The third kappa shape index (κ3) is 3.78. The standard InChI is InChI=1S/C29H28N2O4/c1-18-22(11-12-28(30-18)33-2)19-13-20-15-34-16-21(14-19)31(20)29(32)35-17-27-25-9-5-3-7-23(25)24-8-4-6-10-26(24)27/h3-13,20-21,27H,14-17H2,1-2H3. The fourth-order valence-corrected chi connectivity index (χ4v) is 5.74. The van der Waals surface area contributed by atoms with Crippen LogP contribution in [0.3, 0.4) is 0 Å². The number of morpholine rings is 1. The van der Waals surface area contributed by atoms with Gasteiger partial charge in [-0.2, -0.15) is 0 Å². The Labute approximate surface area is 205 Å². The molecule has 1 fully saturated rings. The molecule has 178 valence electrons. The molecule has 35 heavy (non-hydrogen) atoms. The van der Waals surface area contributed by atoms with Crippen molar-refractivity contribution in [2.45, 2.75) is 31.3 Å². The molecule has 1 amide bonds. The highest BCUT2D eigenvalue weighted by Gasteiger charge is 2.40. The van der Waals surface area contributed by atoms with Crippen molar-refractivity contribution in [1.82, 2.24) is 9.88 Å². The molecule has 2 aliphatic heterocycles. The van der Waals surface area contributed by atoms with E-state index in [1.807, 2.05) is 36.1 Å². The van der Waals surface area contributed by atoms with Gasteiger partial charge in [0.2, 0.25) is 5.88 Å². The minimum atomic E-state index is -0.273. The molecule has 0 saturated carbocycles. The molecule has 6 nitrogen and oxygen atoms in total. The number of carbonyl (C=O) groups is 1. The number of aryl methyl sites for hydroxylation is 1. The fraction of sp³-hybridized carbons (Fsp3) is 0.310. The summed E-state index contributed by atoms with van der Waals surface area (Å²) in [5.41, 5.74) is 8.09. The number of benzene rings is 2. The topological polar surface area (TPSA) is 60.9 Å². The van der Waals surface area contributed by atoms with E-state index in [1.54, 1.807) is 7.11 Å². The second-order valence-electron chi connectivity index (χ2n) is 9.35. The highest BCUT2D eigenvalue weighted by molar-refractivity contribution is 5.79. The van der Waals surface area contributed by atoms with E-state index < -0.39 is 0 Å². The number of ether oxygens (including phenoxy) is 3. The average molecular weight is 469 g/mol. The number of nitrogens with zero attached hydrogens (tertiary/aromatic N) is 2. The molecule has 2 aromatic carbocycles. The molecule has 0 spiro atoms. The first-order valence-corrected chi connectivity index (χ1v) is 12.1. The number of carbonyl (C=O) groups excluding carboxylic acids is 1. The summed E-state index contributed by atoms with van der Waals surface area (Å²) < 4.78 is 17.0. The molecule has 1 aromatic heterocycles. The average Bonchev–Trinajstić information content (AvgIpc) is 3.20. The van der Waals surface area contributed by atoms with Crippen LogP contribution in [0.4, 0.5) is 4.79 Å². The Hall–Kier alpha value is -3.64. The molecule has 1 saturated heterocycles. The quantitative estimate of drug-likeness (QED) is 0.527. The molecular formula is C29H28N2O4. The number of aromatic nitrogens is 1. The molecule has 3 aromatic rings. The Kier molecular flexibility index (Phi) is 5.53. The number of pyridine rings is 1. The zero-order chi connectivity index (χ0) is 23.9. The summed E-state index contributed by atoms with van der Waals surface area (Å²) in [7, 11) is 1.62. The van der Waals surface area contributed by atoms with Crippen molar-refractivity contribution >= 4 is 11.7 Å². The number of methoxy groups -OCH3 is 1. The Morgan fingerprint density at radius 2 is 1.71 bits per heavy atom. The van der Waals surface area contributed by atoms with Crippen LogP contribution in [-0.4, -0.2) is 55.0 Å². The van der Waals surface area contributed by atoms with Crippen LogP contribution in [0.2, 0.25) is 0 Å². The van der Waals surface area contributed by atoms with Crippen LogP contribution < -0.4 is 4.74 Å². The van der Waals surface area contributed by atoms with E-state index in [0.717, 1.165) is 11.3 Å². The molecule has 1 aliphatic carbocycles. The number of hydrogen-bond acceptors (Lipinski definition) is 5. The van der Waals surface area contributed by atoms with Crippen LogP contribution >= 0.6 is 0 Å². The van der Waals surface area contributed by atoms with E-state index >= 15 is 0 Å². The van der Waals surface area contributed by atoms with Crippen molar-refractivity contribution in [3.8, 4) is 17.0 Å². The summed E-state index contributed by atoms with van der Waals surface area (Å²) in [4.78, 5) is 19.8. The second kappa shape index (κ2) is 8.86. The Bertz CT molecular complexity index is 1270. The Balaban J connectivity index is 1.22. The molecule has 6 heteroatoms. The maximum Gasteiger partial charge on any atom is 0.410 e. The van der Waals surface area contributed by atoms with Crippen molar-refractivity contribution < 1.29 is 19.0 Å². The molecular weight excluding hydrogens is 440 g/mol. The van der Waals surface area contributed by atoms with E-state index in [4.69, 9.17) is 14.2 Å². The van der Waals surface area contributed by atoms with Gasteiger partial charge in [0.25, 0.3) is 0 Å². The SMILES string of the molecule is COc1ccc(C2=CC3COCC(C2)N3C(=O)OCC2c3ccccc3-c3ccccc32)c(C)n1. The first-order chi connectivity index (χ1) is 17.1. The van der Waals surface area contributed by atoms with Crippen molar-refractivity contribution in [2.24, 2.45) is 0 Å². The predicted octanol–water partition coefficient (Wildman–Crippen LogP) is 5.20. The third-order valence-electron chi connectivity index (χ3n) is 7.36. The molecule has 0 radical (unpaired) electrons. The lowest BCUT2D eigenvalue weighted by molar-refractivity contribution is -0.0331. The van der Waals surface area contributed by atoms with Gasteiger partial charge >= 0.3 is 6.09 Å². The summed E-state index contributed by atoms with van der Waals surface area (Å²) in [6, 6.07) is 20.5. The largest absolute Gasteiger partial charge is 0.481 e. The van der Waals surface area contributed by atoms with Gasteiger partial charge in [0.05, 0.1) is 32.4 Å². The zero-order valence-electron chi connectivity index (χ0n) is 19.9. The van der Waals surface area contributed by atoms with Gasteiger partial charge in [-0.15, -0.1) is 0 Å². The maximum absolute atomic E-state index is 13.4. The molecule has 2 unspecified atom stereocenters. The van der Waals surface area contributed by atoms with Crippen molar-refractivity contribution in [2.75, 3.05) is 26.9 Å². The number of amides is 1. The summed E-state index contributed by atoms with van der Waals surface area (Å²) in [6.07, 6.45) is 2.56. The summed E-state index contributed by atoms with van der Waals surface area (Å²) in [6.45, 7) is 3.28. The van der Waals surface area contributed by atoms with Crippen LogP contribution in [0.25, 0.3) is 16.7 Å². The second-order valence-corrected chi connectivity index (χ2v) is 9.35. The third-order valence-corrected chi connectivity index (χ3v) is 7.36. The highest BCUT2D eigenvalue weighted by Crippen LogP contribution is 2.44. The minimum Gasteiger partial charge on any atom is -0.481 e. The first kappa shape index (κ1) is 21.9. The van der Waals surface area contributed by atoms with E-state index in [1.165, 1.54) is 27.8 Å². The summed E-state index contributed by atoms with van der Waals surface area (Å²) in [5, 5.41) is 0. The van der Waals surface area contributed by atoms with Crippen molar-refractivity contribution in [3.05, 3.63) is 89.1 Å². The zero-order valence-corrected chi connectivity index (χ0v) is 19.9. The van der Waals surface area contributed by atoms with Crippen LogP contribution in [0.15, 0.2) is 66.7 Å². The van der Waals surface area contributed by atoms with Crippen LogP contribution in [0, 0.1) is 6.92 Å². The van der Waals surface area contributed by atoms with Crippen LogP contribution in [0.5, 0.6) is 5.88 Å². The van der Waals surface area contributed by atoms with Gasteiger partial charge in [-0.3, -0.25) is 4.90 Å². The van der Waals surface area contributed by atoms with E-state index in [0.29, 0.717) is 32.1 Å². The van der Waals surface area contributed by atoms with Gasteiger partial charge in [-0.25, -0.2) is 9.78 Å². The molecule has 2 atom stereocenters. The van der Waals surface area contributed by atoms with Crippen molar-refractivity contribution in [3.63, 3.8) is 0 Å². The summed E-state index contributed by atoms with van der Waals surface area (Å²) >= 11 is 0. The van der Waals surface area contributed by atoms with Gasteiger partial charge < -0.3 is 14.2 Å². The summed E-state index contributed by atoms with van der Waals surface area (Å²) in [5.74, 6) is 0.651. The van der Waals surface area contributed by atoms with Crippen LogP contribution in [0.1, 0.15) is 34.7 Å². The van der Waals surface area contributed by atoms with Gasteiger partial charge in [0.15, 0.2) is 0 Å². The number of hydrogen-bond donors (Lipinski definition) is 0. The van der Waals surface area contributed by atoms with E-state index in [9.17, 15) is 4.79 Å². The maximum atomic E-state index is 13.4. The normalized spacial score (nSPS) is 20.6. The van der Waals surface area contributed by atoms with Crippen LogP contribution in [-0.2, 0) is 9.47 Å². The number of rotatable bonds is 4. The Morgan fingerprint density at radius 3 is 2.37 bits per heavy atom. The monoisotopic (exact) mass is 468 g/mol. The van der Waals surface area contributed by atoms with E-state index in [2.05, 4.69) is 47.5 Å². The lowest BCUT2D eigenvalue weighted by Gasteiger charge is -2.44. The van der Waals surface area contributed by atoms with Gasteiger partial charge in [-0.1, -0.05) is 54.6 Å². The molecule has 0 N–H and O–H groups in total.